The van der Waals surface area contributed by atoms with Crippen LogP contribution in [0.15, 0.2) is 65.3 Å². The predicted molar refractivity (Wildman–Crippen MR) is 131 cm³/mol. The number of nitriles is 1. The first-order valence-corrected chi connectivity index (χ1v) is 10.7. The summed E-state index contributed by atoms with van der Waals surface area (Å²) in [5, 5.41) is 9.69. The monoisotopic (exact) mass is 502 g/mol. The van der Waals surface area contributed by atoms with Crippen molar-refractivity contribution in [2.24, 2.45) is 10.4 Å². The maximum atomic E-state index is 13.0. The van der Waals surface area contributed by atoms with Crippen LogP contribution in [0, 0.1) is 16.7 Å². The quantitative estimate of drug-likeness (QED) is 0.412. The maximum absolute atomic E-state index is 13.0. The Kier molecular flexibility index (Phi) is 7.99. The Morgan fingerprint density at radius 1 is 0.865 bits per heavy atom. The molecule has 188 valence electrons. The van der Waals surface area contributed by atoms with E-state index in [1.807, 2.05) is 12.1 Å². The maximum Gasteiger partial charge on any atom is 0.339 e. The van der Waals surface area contributed by atoms with Crippen LogP contribution in [-0.2, 0) is 28.5 Å². The molecule has 0 fully saturated rings. The Hall–Kier alpha value is -5.04. The Labute approximate surface area is 212 Å². The van der Waals surface area contributed by atoms with Gasteiger partial charge in [-0.2, -0.15) is 5.26 Å². The molecule has 3 rings (SSSR count). The van der Waals surface area contributed by atoms with Gasteiger partial charge in [-0.15, -0.1) is 0 Å². The molecule has 10 nitrogen and oxygen atoms in total. The van der Waals surface area contributed by atoms with Gasteiger partial charge in [0.05, 0.1) is 45.1 Å². The van der Waals surface area contributed by atoms with Crippen LogP contribution in [-0.4, -0.2) is 58.0 Å². The van der Waals surface area contributed by atoms with E-state index in [0.717, 1.165) is 33.1 Å². The fourth-order valence-electron chi connectivity index (χ4n) is 3.91. The highest BCUT2D eigenvalue weighted by Crippen LogP contribution is 2.39. The van der Waals surface area contributed by atoms with Crippen LogP contribution >= 0.6 is 0 Å². The van der Waals surface area contributed by atoms with Gasteiger partial charge in [-0.3, -0.25) is 4.79 Å². The summed E-state index contributed by atoms with van der Waals surface area (Å²) >= 11 is 0. The second-order valence-electron chi connectivity index (χ2n) is 7.59. The number of carbonyl (C=O) groups is 4. The standard InChI is InChI=1S/C27H22N2O8/c1-34-23(30)19-13-18(16-8-6-5-7-9-16)12-17(22(19)25(32)36-3)10-11-27(26(33)37-4)20(24(31)35-2)15-29-21(27)14-28/h5-13,15H,1-4H3/b11-10-. The van der Waals surface area contributed by atoms with Gasteiger partial charge in [0.25, 0.3) is 0 Å². The van der Waals surface area contributed by atoms with E-state index in [9.17, 15) is 24.4 Å². The van der Waals surface area contributed by atoms with Crippen LogP contribution < -0.4 is 0 Å². The lowest BCUT2D eigenvalue weighted by Crippen LogP contribution is -2.40. The number of nitrogens with zero attached hydrogens (tertiary/aromatic N) is 2. The van der Waals surface area contributed by atoms with Crippen LogP contribution in [0.3, 0.4) is 0 Å². The molecule has 0 bridgehead atoms. The number of hydrogen-bond donors (Lipinski definition) is 0. The molecule has 0 saturated carbocycles. The molecule has 2 aromatic carbocycles. The van der Waals surface area contributed by atoms with Crippen molar-refractivity contribution < 1.29 is 38.1 Å². The van der Waals surface area contributed by atoms with E-state index in [2.05, 4.69) is 4.99 Å². The van der Waals surface area contributed by atoms with Gasteiger partial charge in [0.2, 0.25) is 0 Å². The Bertz CT molecular complexity index is 1400. The molecule has 1 heterocycles. The van der Waals surface area contributed by atoms with Gasteiger partial charge in [-0.1, -0.05) is 42.5 Å². The summed E-state index contributed by atoms with van der Waals surface area (Å²) in [6.07, 6.45) is 3.57. The number of methoxy groups -OCH3 is 4. The third-order valence-corrected chi connectivity index (χ3v) is 5.72. The summed E-state index contributed by atoms with van der Waals surface area (Å²) in [5.41, 5.74) is -1.50. The molecule has 0 aliphatic carbocycles. The molecular formula is C27H22N2O8. The molecule has 0 aromatic heterocycles. The smallest absolute Gasteiger partial charge is 0.339 e. The number of esters is 4. The Morgan fingerprint density at radius 3 is 2.08 bits per heavy atom. The summed E-state index contributed by atoms with van der Waals surface area (Å²) < 4.78 is 19.5. The molecular weight excluding hydrogens is 480 g/mol. The third-order valence-electron chi connectivity index (χ3n) is 5.72. The lowest BCUT2D eigenvalue weighted by molar-refractivity contribution is -0.148. The van der Waals surface area contributed by atoms with Crippen molar-refractivity contribution in [3.05, 3.63) is 77.0 Å². The number of hydrogen-bond acceptors (Lipinski definition) is 10. The first-order chi connectivity index (χ1) is 17.8. The van der Waals surface area contributed by atoms with Crippen molar-refractivity contribution in [2.45, 2.75) is 0 Å². The first kappa shape index (κ1) is 26.6. The number of carbonyl (C=O) groups excluding carboxylic acids is 4. The second kappa shape index (κ2) is 11.1. The minimum atomic E-state index is -2.06. The van der Waals surface area contributed by atoms with Gasteiger partial charge in [-0.25, -0.2) is 19.4 Å². The SMILES string of the molecule is COC(=O)C1=CN=C(C#N)C1(/C=C\c1cc(-c2ccccc2)cc(C(=O)OC)c1C(=O)OC)C(=O)OC. The Morgan fingerprint density at radius 2 is 1.51 bits per heavy atom. The molecule has 0 N–H and O–H groups in total. The average Bonchev–Trinajstić information content (AvgIpc) is 3.33. The van der Waals surface area contributed by atoms with E-state index in [0.29, 0.717) is 5.56 Å². The van der Waals surface area contributed by atoms with Crippen LogP contribution in [0.5, 0.6) is 0 Å². The van der Waals surface area contributed by atoms with Gasteiger partial charge >= 0.3 is 23.9 Å². The summed E-state index contributed by atoms with van der Waals surface area (Å²) in [7, 11) is 4.52. The van der Waals surface area contributed by atoms with E-state index in [-0.39, 0.29) is 28.0 Å². The zero-order chi connectivity index (χ0) is 27.2. The van der Waals surface area contributed by atoms with Crippen molar-refractivity contribution in [2.75, 3.05) is 28.4 Å². The zero-order valence-corrected chi connectivity index (χ0v) is 20.4. The fourth-order valence-corrected chi connectivity index (χ4v) is 3.91. The highest BCUT2D eigenvalue weighted by Gasteiger charge is 2.52. The van der Waals surface area contributed by atoms with Gasteiger partial charge in [0.1, 0.15) is 11.8 Å². The summed E-state index contributed by atoms with van der Waals surface area (Å²) in [5.74, 6) is -3.54. The topological polar surface area (TPSA) is 141 Å². The normalized spacial score (nSPS) is 16.3. The minimum absolute atomic E-state index is 0.0909. The molecule has 1 aliphatic heterocycles. The van der Waals surface area contributed by atoms with E-state index in [1.165, 1.54) is 25.3 Å². The lowest BCUT2D eigenvalue weighted by atomic mass is 9.76. The Balaban J connectivity index is 2.36. The molecule has 1 aliphatic rings. The van der Waals surface area contributed by atoms with Crippen LogP contribution in [0.2, 0.25) is 0 Å². The fraction of sp³-hybridized carbons (Fsp3) is 0.185. The van der Waals surface area contributed by atoms with Crippen molar-refractivity contribution in [3.63, 3.8) is 0 Å². The molecule has 1 unspecified atom stereocenters. The van der Waals surface area contributed by atoms with Crippen molar-refractivity contribution in [3.8, 4) is 17.2 Å². The number of benzene rings is 2. The van der Waals surface area contributed by atoms with Gasteiger partial charge < -0.3 is 18.9 Å². The van der Waals surface area contributed by atoms with Crippen LogP contribution in [0.4, 0.5) is 0 Å². The zero-order valence-electron chi connectivity index (χ0n) is 20.4. The molecule has 2 aromatic rings. The van der Waals surface area contributed by atoms with Crippen molar-refractivity contribution >= 4 is 35.7 Å². The highest BCUT2D eigenvalue weighted by molar-refractivity contribution is 6.25. The number of rotatable bonds is 7. The van der Waals surface area contributed by atoms with Crippen LogP contribution in [0.1, 0.15) is 26.3 Å². The van der Waals surface area contributed by atoms with E-state index in [1.54, 1.807) is 30.3 Å². The van der Waals surface area contributed by atoms with E-state index < -0.39 is 29.3 Å². The largest absolute Gasteiger partial charge is 0.468 e. The first-order valence-electron chi connectivity index (χ1n) is 10.7. The third kappa shape index (κ3) is 4.75. The molecule has 37 heavy (non-hydrogen) atoms. The molecule has 0 amide bonds. The summed E-state index contributed by atoms with van der Waals surface area (Å²) in [6.45, 7) is 0. The molecule has 0 radical (unpaired) electrons. The van der Waals surface area contributed by atoms with Gasteiger partial charge in [-0.05, 0) is 28.8 Å². The number of aliphatic imine (C=N–C) groups is 1. The minimum Gasteiger partial charge on any atom is -0.468 e. The lowest BCUT2D eigenvalue weighted by Gasteiger charge is -2.24. The second-order valence-corrected chi connectivity index (χ2v) is 7.59. The van der Waals surface area contributed by atoms with Gasteiger partial charge in [0.15, 0.2) is 5.41 Å². The van der Waals surface area contributed by atoms with Crippen LogP contribution in [0.25, 0.3) is 17.2 Å². The molecule has 10 heteroatoms. The van der Waals surface area contributed by atoms with Crippen molar-refractivity contribution in [1.82, 2.24) is 0 Å². The average molecular weight is 502 g/mol. The highest BCUT2D eigenvalue weighted by atomic mass is 16.5. The summed E-state index contributed by atoms with van der Waals surface area (Å²) in [4.78, 5) is 54.9. The molecule has 0 saturated heterocycles. The van der Waals surface area contributed by atoms with Gasteiger partial charge in [0, 0.05) is 6.20 Å². The predicted octanol–water partition coefficient (Wildman–Crippen LogP) is 3.13. The van der Waals surface area contributed by atoms with Crippen molar-refractivity contribution in [1.29, 1.82) is 5.26 Å². The molecule has 1 atom stereocenters. The van der Waals surface area contributed by atoms with E-state index >= 15 is 0 Å². The summed E-state index contributed by atoms with van der Waals surface area (Å²) in [6, 6.07) is 13.9. The number of ether oxygens (including phenoxy) is 4. The molecule has 0 spiro atoms. The van der Waals surface area contributed by atoms with E-state index in [4.69, 9.17) is 18.9 Å².